The van der Waals surface area contributed by atoms with E-state index in [1.807, 2.05) is 6.92 Å². The lowest BCUT2D eigenvalue weighted by molar-refractivity contribution is -0.128. The lowest BCUT2D eigenvalue weighted by Gasteiger charge is -2.02. The normalized spacial score (nSPS) is 11.2. The number of sulfone groups is 1. The zero-order valence-electron chi connectivity index (χ0n) is 8.57. The first-order valence-corrected chi connectivity index (χ1v) is 6.70. The lowest BCUT2D eigenvalue weighted by Crippen LogP contribution is -2.11. The zero-order valence-corrected chi connectivity index (χ0v) is 9.38. The molecule has 0 aliphatic rings. The summed E-state index contributed by atoms with van der Waals surface area (Å²) >= 11 is 0. The SMILES string of the molecule is CCCCS(=O)(=O)CCCCOC=O. The van der Waals surface area contributed by atoms with Gasteiger partial charge in [-0.15, -0.1) is 0 Å². The van der Waals surface area contributed by atoms with Gasteiger partial charge in [0.25, 0.3) is 6.47 Å². The van der Waals surface area contributed by atoms with Crippen LogP contribution in [0.1, 0.15) is 32.6 Å². The largest absolute Gasteiger partial charge is 0.468 e. The van der Waals surface area contributed by atoms with Gasteiger partial charge in [0.1, 0.15) is 9.84 Å². The molecular weight excluding hydrogens is 204 g/mol. The van der Waals surface area contributed by atoms with Gasteiger partial charge in [-0.2, -0.15) is 0 Å². The summed E-state index contributed by atoms with van der Waals surface area (Å²) in [6.07, 6.45) is 2.81. The summed E-state index contributed by atoms with van der Waals surface area (Å²) in [7, 11) is -2.87. The van der Waals surface area contributed by atoms with Gasteiger partial charge in [0.05, 0.1) is 18.1 Å². The smallest absolute Gasteiger partial charge is 0.293 e. The molecule has 0 aromatic carbocycles. The van der Waals surface area contributed by atoms with Crippen LogP contribution < -0.4 is 0 Å². The minimum Gasteiger partial charge on any atom is -0.468 e. The third-order valence-corrected chi connectivity index (χ3v) is 3.67. The minimum atomic E-state index is -2.87. The third-order valence-electron chi connectivity index (χ3n) is 1.84. The van der Waals surface area contributed by atoms with Crippen molar-refractivity contribution < 1.29 is 17.9 Å². The van der Waals surface area contributed by atoms with Crippen LogP contribution in [-0.2, 0) is 19.4 Å². The van der Waals surface area contributed by atoms with Crippen molar-refractivity contribution in [2.24, 2.45) is 0 Å². The Bertz CT molecular complexity index is 233. The van der Waals surface area contributed by atoms with Gasteiger partial charge in [-0.25, -0.2) is 8.42 Å². The van der Waals surface area contributed by atoms with Crippen molar-refractivity contribution in [1.82, 2.24) is 0 Å². The molecule has 0 spiro atoms. The Labute approximate surface area is 85.6 Å². The number of carbonyl (C=O) groups is 1. The highest BCUT2D eigenvalue weighted by Crippen LogP contribution is 2.01. The van der Waals surface area contributed by atoms with E-state index in [2.05, 4.69) is 4.74 Å². The summed E-state index contributed by atoms with van der Waals surface area (Å²) in [5, 5.41) is 0. The van der Waals surface area contributed by atoms with E-state index in [-0.39, 0.29) is 11.5 Å². The van der Waals surface area contributed by atoms with Crippen LogP contribution in [0.25, 0.3) is 0 Å². The number of rotatable bonds is 9. The Morgan fingerprint density at radius 2 is 1.79 bits per heavy atom. The van der Waals surface area contributed by atoms with E-state index in [9.17, 15) is 13.2 Å². The van der Waals surface area contributed by atoms with E-state index in [1.165, 1.54) is 0 Å². The average molecular weight is 222 g/mol. The van der Waals surface area contributed by atoms with E-state index in [1.54, 1.807) is 0 Å². The molecule has 84 valence electrons. The van der Waals surface area contributed by atoms with E-state index in [0.29, 0.717) is 25.9 Å². The Morgan fingerprint density at radius 3 is 2.36 bits per heavy atom. The molecule has 0 aliphatic carbocycles. The van der Waals surface area contributed by atoms with Crippen LogP contribution in [0.3, 0.4) is 0 Å². The van der Waals surface area contributed by atoms with Gasteiger partial charge in [-0.1, -0.05) is 13.3 Å². The highest BCUT2D eigenvalue weighted by atomic mass is 32.2. The fraction of sp³-hybridized carbons (Fsp3) is 0.889. The van der Waals surface area contributed by atoms with E-state index >= 15 is 0 Å². The molecule has 0 N–H and O–H groups in total. The summed E-state index contributed by atoms with van der Waals surface area (Å²) in [5.74, 6) is 0.479. The molecule has 0 rings (SSSR count). The molecule has 0 saturated heterocycles. The van der Waals surface area contributed by atoms with Crippen LogP contribution in [-0.4, -0.2) is 33.0 Å². The number of carbonyl (C=O) groups excluding carboxylic acids is 1. The Morgan fingerprint density at radius 1 is 1.14 bits per heavy atom. The summed E-state index contributed by atoms with van der Waals surface area (Å²) in [4.78, 5) is 9.77. The maximum Gasteiger partial charge on any atom is 0.293 e. The first kappa shape index (κ1) is 13.4. The molecular formula is C9H18O4S. The van der Waals surface area contributed by atoms with Crippen molar-refractivity contribution >= 4 is 16.3 Å². The Hall–Kier alpha value is -0.580. The highest BCUT2D eigenvalue weighted by Gasteiger charge is 2.08. The second-order valence-electron chi connectivity index (χ2n) is 3.18. The molecule has 0 heterocycles. The van der Waals surface area contributed by atoms with Crippen LogP contribution in [0.5, 0.6) is 0 Å². The first-order valence-electron chi connectivity index (χ1n) is 4.88. The summed E-state index contributed by atoms with van der Waals surface area (Å²) in [6, 6.07) is 0. The standard InChI is InChI=1S/C9H18O4S/c1-2-3-7-14(11,12)8-5-4-6-13-9-10/h9H,2-8H2,1H3. The highest BCUT2D eigenvalue weighted by molar-refractivity contribution is 7.91. The molecule has 0 aromatic heterocycles. The summed E-state index contributed by atoms with van der Waals surface area (Å²) in [6.45, 7) is 2.66. The molecule has 0 aromatic rings. The maximum atomic E-state index is 11.3. The van der Waals surface area contributed by atoms with Gasteiger partial charge in [0.2, 0.25) is 0 Å². The lowest BCUT2D eigenvalue weighted by atomic mass is 10.4. The molecule has 0 fully saturated rings. The van der Waals surface area contributed by atoms with E-state index in [4.69, 9.17) is 0 Å². The summed E-state index contributed by atoms with van der Waals surface area (Å²) < 4.78 is 27.1. The molecule has 0 saturated carbocycles. The van der Waals surface area contributed by atoms with Crippen LogP contribution in [0, 0.1) is 0 Å². The fourth-order valence-electron chi connectivity index (χ4n) is 1.02. The molecule has 0 aliphatic heterocycles. The predicted octanol–water partition coefficient (Wildman–Crippen LogP) is 1.15. The molecule has 14 heavy (non-hydrogen) atoms. The first-order chi connectivity index (χ1) is 6.62. The summed E-state index contributed by atoms with van der Waals surface area (Å²) in [5.41, 5.74) is 0. The van der Waals surface area contributed by atoms with Crippen LogP contribution in [0.4, 0.5) is 0 Å². The number of ether oxygens (including phenoxy) is 1. The van der Waals surface area contributed by atoms with Crippen molar-refractivity contribution in [3.8, 4) is 0 Å². The molecule has 0 bridgehead atoms. The van der Waals surface area contributed by atoms with Crippen LogP contribution in [0.2, 0.25) is 0 Å². The third kappa shape index (κ3) is 8.04. The van der Waals surface area contributed by atoms with Crippen molar-refractivity contribution in [2.45, 2.75) is 32.6 Å². The van der Waals surface area contributed by atoms with Crippen LogP contribution >= 0.6 is 0 Å². The molecule has 4 nitrogen and oxygen atoms in total. The van der Waals surface area contributed by atoms with Gasteiger partial charge in [-0.3, -0.25) is 4.79 Å². The van der Waals surface area contributed by atoms with Crippen molar-refractivity contribution in [3.05, 3.63) is 0 Å². The second-order valence-corrected chi connectivity index (χ2v) is 5.48. The molecule has 0 atom stereocenters. The fourth-order valence-corrected chi connectivity index (χ4v) is 2.60. The predicted molar refractivity (Wildman–Crippen MR) is 54.8 cm³/mol. The average Bonchev–Trinajstić information content (AvgIpc) is 2.15. The van der Waals surface area contributed by atoms with Gasteiger partial charge < -0.3 is 4.74 Å². The minimum absolute atomic E-state index is 0.204. The van der Waals surface area contributed by atoms with Gasteiger partial charge in [-0.05, 0) is 19.3 Å². The van der Waals surface area contributed by atoms with Gasteiger partial charge in [0, 0.05) is 0 Å². The van der Waals surface area contributed by atoms with Gasteiger partial charge >= 0.3 is 0 Å². The second kappa shape index (κ2) is 7.79. The van der Waals surface area contributed by atoms with E-state index < -0.39 is 9.84 Å². The Balaban J connectivity index is 3.50. The van der Waals surface area contributed by atoms with Crippen molar-refractivity contribution in [1.29, 1.82) is 0 Å². The Kier molecular flexibility index (Phi) is 7.47. The van der Waals surface area contributed by atoms with E-state index in [0.717, 1.165) is 12.8 Å². The zero-order chi connectivity index (χ0) is 10.9. The molecule has 0 unspecified atom stereocenters. The maximum absolute atomic E-state index is 11.3. The number of unbranched alkanes of at least 4 members (excludes halogenated alkanes) is 2. The van der Waals surface area contributed by atoms with Crippen molar-refractivity contribution in [2.75, 3.05) is 18.1 Å². The quantitative estimate of drug-likeness (QED) is 0.434. The molecule has 5 heteroatoms. The monoisotopic (exact) mass is 222 g/mol. The van der Waals surface area contributed by atoms with Crippen LogP contribution in [0.15, 0.2) is 0 Å². The number of hydrogen-bond acceptors (Lipinski definition) is 4. The van der Waals surface area contributed by atoms with Gasteiger partial charge in [0.15, 0.2) is 0 Å². The number of hydrogen-bond donors (Lipinski definition) is 0. The topological polar surface area (TPSA) is 60.4 Å². The molecule has 0 radical (unpaired) electrons. The molecule has 0 amide bonds. The van der Waals surface area contributed by atoms with Crippen molar-refractivity contribution in [3.63, 3.8) is 0 Å².